The minimum atomic E-state index is -0.0920. The average Bonchev–Trinajstić information content (AvgIpc) is 2.53. The van der Waals surface area contributed by atoms with Crippen LogP contribution in [0.15, 0.2) is 34.3 Å². The number of hydrogen-bond acceptors (Lipinski definition) is 4. The SMILES string of the molecule is COC1=N[C@H](C(C)C)C(OC)=N[C@H]1CCc1ccc(Cl)cc1. The smallest absolute Gasteiger partial charge is 0.209 e. The fourth-order valence-corrected chi connectivity index (χ4v) is 2.63. The molecule has 0 saturated heterocycles. The fourth-order valence-electron chi connectivity index (χ4n) is 2.50. The van der Waals surface area contributed by atoms with Gasteiger partial charge in [0.05, 0.1) is 14.2 Å². The first kappa shape index (κ1) is 16.8. The Labute approximate surface area is 137 Å². The molecule has 2 rings (SSSR count). The van der Waals surface area contributed by atoms with E-state index < -0.39 is 0 Å². The van der Waals surface area contributed by atoms with Crippen LogP contribution in [-0.4, -0.2) is 38.1 Å². The van der Waals surface area contributed by atoms with E-state index in [0.717, 1.165) is 17.9 Å². The minimum absolute atomic E-state index is 0.0632. The van der Waals surface area contributed by atoms with Gasteiger partial charge in [-0.15, -0.1) is 0 Å². The first-order valence-corrected chi connectivity index (χ1v) is 7.90. The van der Waals surface area contributed by atoms with E-state index in [1.807, 2.05) is 24.3 Å². The minimum Gasteiger partial charge on any atom is -0.483 e. The van der Waals surface area contributed by atoms with Gasteiger partial charge in [-0.1, -0.05) is 37.6 Å². The third-order valence-corrected chi connectivity index (χ3v) is 4.01. The highest BCUT2D eigenvalue weighted by atomic mass is 35.5. The molecular formula is C17H23ClN2O2. The molecule has 1 aromatic rings. The predicted molar refractivity (Wildman–Crippen MR) is 91.1 cm³/mol. The van der Waals surface area contributed by atoms with Crippen molar-refractivity contribution in [3.8, 4) is 0 Å². The monoisotopic (exact) mass is 322 g/mol. The van der Waals surface area contributed by atoms with Crippen molar-refractivity contribution in [1.29, 1.82) is 0 Å². The molecule has 1 aliphatic heterocycles. The standard InChI is InChI=1S/C17H23ClN2O2/c1-11(2)15-17(22-4)19-14(16(20-15)21-3)10-7-12-5-8-13(18)9-6-12/h5-6,8-9,11,14-15H,7,10H2,1-4H3/t14-,15+/m0/s1. The second-order valence-electron chi connectivity index (χ2n) is 5.71. The molecule has 120 valence electrons. The van der Waals surface area contributed by atoms with E-state index in [1.165, 1.54) is 5.56 Å². The number of benzene rings is 1. The molecule has 0 amide bonds. The van der Waals surface area contributed by atoms with E-state index in [9.17, 15) is 0 Å². The first-order valence-electron chi connectivity index (χ1n) is 7.53. The summed E-state index contributed by atoms with van der Waals surface area (Å²) in [5.74, 6) is 1.70. The van der Waals surface area contributed by atoms with E-state index in [-0.39, 0.29) is 12.1 Å². The van der Waals surface area contributed by atoms with E-state index in [4.69, 9.17) is 26.1 Å². The fraction of sp³-hybridized carbons (Fsp3) is 0.529. The molecule has 4 nitrogen and oxygen atoms in total. The van der Waals surface area contributed by atoms with Crippen LogP contribution >= 0.6 is 11.6 Å². The maximum absolute atomic E-state index is 5.91. The molecule has 0 spiro atoms. The third kappa shape index (κ3) is 4.01. The van der Waals surface area contributed by atoms with Crippen molar-refractivity contribution in [2.45, 2.75) is 38.8 Å². The largest absolute Gasteiger partial charge is 0.483 e. The normalized spacial score (nSPS) is 21.4. The highest BCUT2D eigenvalue weighted by Crippen LogP contribution is 2.20. The Morgan fingerprint density at radius 3 is 2.23 bits per heavy atom. The van der Waals surface area contributed by atoms with E-state index in [0.29, 0.717) is 17.7 Å². The Hall–Kier alpha value is -1.55. The quantitative estimate of drug-likeness (QED) is 0.847. The Bertz CT molecular complexity index is 552. The van der Waals surface area contributed by atoms with Crippen LogP contribution in [0.25, 0.3) is 0 Å². The van der Waals surface area contributed by atoms with Gasteiger partial charge in [-0.3, -0.25) is 0 Å². The summed E-state index contributed by atoms with van der Waals surface area (Å²) in [6.45, 7) is 4.20. The molecule has 0 unspecified atom stereocenters. The van der Waals surface area contributed by atoms with Crippen LogP contribution in [0.4, 0.5) is 0 Å². The van der Waals surface area contributed by atoms with Crippen molar-refractivity contribution in [1.82, 2.24) is 0 Å². The van der Waals surface area contributed by atoms with Crippen molar-refractivity contribution in [3.05, 3.63) is 34.9 Å². The lowest BCUT2D eigenvalue weighted by atomic mass is 10.0. The van der Waals surface area contributed by atoms with Crippen LogP contribution in [0.1, 0.15) is 25.8 Å². The summed E-state index contributed by atoms with van der Waals surface area (Å²) < 4.78 is 10.9. The van der Waals surface area contributed by atoms with Gasteiger partial charge in [0.25, 0.3) is 0 Å². The average molecular weight is 323 g/mol. The molecule has 0 bridgehead atoms. The van der Waals surface area contributed by atoms with Crippen LogP contribution in [-0.2, 0) is 15.9 Å². The lowest BCUT2D eigenvalue weighted by molar-refractivity contribution is 0.331. The van der Waals surface area contributed by atoms with E-state index in [2.05, 4.69) is 18.8 Å². The van der Waals surface area contributed by atoms with Gasteiger partial charge in [-0.25, -0.2) is 9.98 Å². The lowest BCUT2D eigenvalue weighted by Crippen LogP contribution is -2.37. The lowest BCUT2D eigenvalue weighted by Gasteiger charge is -2.27. The van der Waals surface area contributed by atoms with E-state index >= 15 is 0 Å². The Morgan fingerprint density at radius 2 is 1.68 bits per heavy atom. The summed E-state index contributed by atoms with van der Waals surface area (Å²) in [6.07, 6.45) is 1.71. The second-order valence-corrected chi connectivity index (χ2v) is 6.15. The van der Waals surface area contributed by atoms with Gasteiger partial charge in [-0.05, 0) is 36.5 Å². The summed E-state index contributed by atoms with van der Waals surface area (Å²) in [4.78, 5) is 9.38. The molecule has 0 saturated carbocycles. The molecule has 0 radical (unpaired) electrons. The van der Waals surface area contributed by atoms with Crippen molar-refractivity contribution in [2.75, 3.05) is 14.2 Å². The zero-order valence-electron chi connectivity index (χ0n) is 13.5. The molecule has 0 fully saturated rings. The molecule has 0 N–H and O–H groups in total. The van der Waals surface area contributed by atoms with Crippen LogP contribution in [0, 0.1) is 5.92 Å². The summed E-state index contributed by atoms with van der Waals surface area (Å²) in [7, 11) is 3.30. The van der Waals surface area contributed by atoms with Crippen molar-refractivity contribution in [3.63, 3.8) is 0 Å². The molecular weight excluding hydrogens is 300 g/mol. The molecule has 1 aliphatic rings. The molecule has 22 heavy (non-hydrogen) atoms. The summed E-state index contributed by atoms with van der Waals surface area (Å²) >= 11 is 5.91. The summed E-state index contributed by atoms with van der Waals surface area (Å²) in [5, 5.41) is 0.750. The third-order valence-electron chi connectivity index (χ3n) is 3.76. The van der Waals surface area contributed by atoms with Crippen molar-refractivity contribution >= 4 is 23.4 Å². The number of aliphatic imine (C=N–C) groups is 2. The van der Waals surface area contributed by atoms with Gasteiger partial charge in [-0.2, -0.15) is 0 Å². The number of halogens is 1. The second kappa shape index (κ2) is 7.63. The highest BCUT2D eigenvalue weighted by molar-refractivity contribution is 6.30. The van der Waals surface area contributed by atoms with E-state index in [1.54, 1.807) is 14.2 Å². The first-order chi connectivity index (χ1) is 10.5. The molecule has 2 atom stereocenters. The Balaban J connectivity index is 2.10. The molecule has 1 heterocycles. The topological polar surface area (TPSA) is 43.2 Å². The number of nitrogens with zero attached hydrogens (tertiary/aromatic N) is 2. The van der Waals surface area contributed by atoms with Gasteiger partial charge < -0.3 is 9.47 Å². The van der Waals surface area contributed by atoms with Gasteiger partial charge >= 0.3 is 0 Å². The van der Waals surface area contributed by atoms with Gasteiger partial charge in [0, 0.05) is 5.02 Å². The van der Waals surface area contributed by atoms with Crippen molar-refractivity contribution in [2.24, 2.45) is 15.9 Å². The van der Waals surface area contributed by atoms with Crippen LogP contribution in [0.2, 0.25) is 5.02 Å². The number of aryl methyl sites for hydroxylation is 1. The highest BCUT2D eigenvalue weighted by Gasteiger charge is 2.30. The molecule has 0 aliphatic carbocycles. The number of rotatable bonds is 4. The summed E-state index contributed by atoms with van der Waals surface area (Å²) in [5.41, 5.74) is 1.22. The zero-order valence-corrected chi connectivity index (χ0v) is 14.3. The number of methoxy groups -OCH3 is 2. The number of hydrogen-bond donors (Lipinski definition) is 0. The molecule has 5 heteroatoms. The Kier molecular flexibility index (Phi) is 5.83. The van der Waals surface area contributed by atoms with Gasteiger partial charge in [0.2, 0.25) is 11.8 Å². The Morgan fingerprint density at radius 1 is 1.05 bits per heavy atom. The molecule has 1 aromatic carbocycles. The van der Waals surface area contributed by atoms with Crippen LogP contribution in [0.5, 0.6) is 0 Å². The summed E-state index contributed by atoms with van der Waals surface area (Å²) in [6, 6.07) is 7.72. The van der Waals surface area contributed by atoms with Gasteiger partial charge in [0.1, 0.15) is 12.1 Å². The number of ether oxygens (including phenoxy) is 2. The van der Waals surface area contributed by atoms with Crippen LogP contribution in [0.3, 0.4) is 0 Å². The predicted octanol–water partition coefficient (Wildman–Crippen LogP) is 3.77. The maximum atomic E-state index is 5.91. The maximum Gasteiger partial charge on any atom is 0.209 e. The van der Waals surface area contributed by atoms with Crippen LogP contribution < -0.4 is 0 Å². The van der Waals surface area contributed by atoms with Crippen molar-refractivity contribution < 1.29 is 9.47 Å². The molecule has 0 aromatic heterocycles. The van der Waals surface area contributed by atoms with Gasteiger partial charge in [0.15, 0.2) is 0 Å². The zero-order chi connectivity index (χ0) is 16.1.